The molecule has 2 saturated heterocycles. The third kappa shape index (κ3) is 7.68. The number of hydroxylamine groups is 1. The maximum absolute atomic E-state index is 14.5. The van der Waals surface area contributed by atoms with Crippen LogP contribution >= 0.6 is 0 Å². The second kappa shape index (κ2) is 13.5. The minimum atomic E-state index is -1.56. The first-order valence-electron chi connectivity index (χ1n) is 16.5. The van der Waals surface area contributed by atoms with Gasteiger partial charge in [-0.2, -0.15) is 4.79 Å². The average molecular weight is 672 g/mol. The number of carbonyl (C=O) groups excluding carboxylic acids is 3. The van der Waals surface area contributed by atoms with Crippen LogP contribution in [0.25, 0.3) is 0 Å². The number of likely N-dealkylation sites (tertiary alicyclic amines) is 2. The summed E-state index contributed by atoms with van der Waals surface area (Å²) in [7, 11) is 4.22. The van der Waals surface area contributed by atoms with E-state index in [-0.39, 0.29) is 30.5 Å². The van der Waals surface area contributed by atoms with Crippen LogP contribution in [0.3, 0.4) is 0 Å². The van der Waals surface area contributed by atoms with Crippen LogP contribution in [0.4, 0.5) is 9.59 Å². The van der Waals surface area contributed by atoms with Crippen molar-refractivity contribution in [1.29, 1.82) is 0 Å². The molecule has 48 heavy (non-hydrogen) atoms. The van der Waals surface area contributed by atoms with Gasteiger partial charge in [-0.15, -0.1) is 0 Å². The van der Waals surface area contributed by atoms with E-state index in [1.807, 2.05) is 26.8 Å². The van der Waals surface area contributed by atoms with Crippen LogP contribution in [0, 0.1) is 5.92 Å². The van der Waals surface area contributed by atoms with Crippen LogP contribution < -0.4 is 15.5 Å². The van der Waals surface area contributed by atoms with Crippen LogP contribution in [0.5, 0.6) is 5.75 Å². The molecular formula is C35H53N5O8+2. The lowest BCUT2D eigenvalue weighted by Crippen LogP contribution is -2.67. The summed E-state index contributed by atoms with van der Waals surface area (Å²) in [6.07, 6.45) is 5.37. The number of amides is 4. The van der Waals surface area contributed by atoms with E-state index >= 15 is 0 Å². The van der Waals surface area contributed by atoms with Crippen LogP contribution in [0.15, 0.2) is 48.2 Å². The molecule has 3 aliphatic rings. The highest BCUT2D eigenvalue weighted by Gasteiger charge is 2.56. The Morgan fingerprint density at radius 1 is 1.06 bits per heavy atom. The number of carbonyl (C=O) groups is 4. The van der Waals surface area contributed by atoms with Gasteiger partial charge in [0.15, 0.2) is 0 Å². The van der Waals surface area contributed by atoms with Crippen molar-refractivity contribution in [2.75, 3.05) is 46.9 Å². The molecule has 0 saturated carbocycles. The number of ether oxygens (including phenoxy) is 2. The van der Waals surface area contributed by atoms with Gasteiger partial charge in [0.25, 0.3) is 11.8 Å². The predicted molar refractivity (Wildman–Crippen MR) is 178 cm³/mol. The summed E-state index contributed by atoms with van der Waals surface area (Å²) in [5, 5.41) is 22.8. The van der Waals surface area contributed by atoms with Crippen molar-refractivity contribution >= 4 is 24.0 Å². The lowest BCUT2D eigenvalue weighted by Gasteiger charge is -2.48. The van der Waals surface area contributed by atoms with E-state index in [2.05, 4.69) is 31.7 Å². The molecule has 2 atom stereocenters. The van der Waals surface area contributed by atoms with Crippen molar-refractivity contribution in [3.8, 4) is 5.75 Å². The number of benzene rings is 1. The summed E-state index contributed by atoms with van der Waals surface area (Å²) >= 11 is 0. The van der Waals surface area contributed by atoms with Crippen LogP contribution in [-0.4, -0.2) is 112 Å². The number of hydrogen-bond donors (Lipinski definition) is 4. The van der Waals surface area contributed by atoms with Crippen molar-refractivity contribution in [3.05, 3.63) is 53.8 Å². The number of quaternary nitrogens is 2. The highest BCUT2D eigenvalue weighted by molar-refractivity contribution is 5.96. The number of carboxylic acid groups (broad SMARTS) is 1. The first-order chi connectivity index (χ1) is 22.2. The third-order valence-corrected chi connectivity index (χ3v) is 9.91. The van der Waals surface area contributed by atoms with Gasteiger partial charge in [0.1, 0.15) is 41.6 Å². The standard InChI is InChI=1S/C35H51N5O8/c1-33(2,3)40(32(44)45)21-15-25(16-22-40)28(29(41)37-46)38-18-17-35(30(38)42,36-31(43)48-34(4,5)6)26-9-11-27(12-10-26)47-23-24-13-19-39(7,8)20-14-24/h9-14,19,25,28H,15-18,20-23H2,1-8H3,(H2-2,36,37,41,43,44,45,46)/p+2. The van der Waals surface area contributed by atoms with Gasteiger partial charge in [0.2, 0.25) is 0 Å². The van der Waals surface area contributed by atoms with Gasteiger partial charge in [0.05, 0.1) is 33.4 Å². The number of likely N-dealkylation sites (N-methyl/N-ethyl adjacent to an activating group) is 1. The monoisotopic (exact) mass is 671 g/mol. The quantitative estimate of drug-likeness (QED) is 0.183. The molecule has 264 valence electrons. The third-order valence-electron chi connectivity index (χ3n) is 9.91. The summed E-state index contributed by atoms with van der Waals surface area (Å²) < 4.78 is 12.2. The maximum Gasteiger partial charge on any atom is 0.513 e. The normalized spacial score (nSPS) is 26.4. The lowest BCUT2D eigenvalue weighted by atomic mass is 9.83. The number of rotatable bonds is 8. The van der Waals surface area contributed by atoms with E-state index in [0.29, 0.717) is 30.8 Å². The minimum Gasteiger partial charge on any atom is -0.489 e. The Morgan fingerprint density at radius 2 is 1.69 bits per heavy atom. The number of alkyl carbamates (subject to hydrolysis) is 1. The first-order valence-corrected chi connectivity index (χ1v) is 16.5. The van der Waals surface area contributed by atoms with Crippen molar-refractivity contribution < 1.29 is 47.9 Å². The van der Waals surface area contributed by atoms with Gasteiger partial charge >= 0.3 is 12.2 Å². The number of nitrogens with zero attached hydrogens (tertiary/aromatic N) is 3. The van der Waals surface area contributed by atoms with Gasteiger partial charge in [-0.25, -0.2) is 14.8 Å². The summed E-state index contributed by atoms with van der Waals surface area (Å²) in [6.45, 7) is 12.7. The molecule has 13 nitrogen and oxygen atoms in total. The Labute approximate surface area is 283 Å². The zero-order valence-electron chi connectivity index (χ0n) is 29.5. The predicted octanol–water partition coefficient (Wildman–Crippen LogP) is 4.13. The second-order valence-corrected chi connectivity index (χ2v) is 15.8. The smallest absolute Gasteiger partial charge is 0.489 e. The highest BCUT2D eigenvalue weighted by Crippen LogP contribution is 2.40. The van der Waals surface area contributed by atoms with Gasteiger partial charge < -0.3 is 24.8 Å². The molecule has 3 aliphatic heterocycles. The Morgan fingerprint density at radius 3 is 2.19 bits per heavy atom. The fourth-order valence-electron chi connectivity index (χ4n) is 7.00. The number of piperidine rings is 1. The molecule has 1 aromatic rings. The second-order valence-electron chi connectivity index (χ2n) is 15.8. The topological polar surface area (TPSA) is 154 Å². The maximum atomic E-state index is 14.5. The molecule has 0 radical (unpaired) electrons. The molecule has 3 heterocycles. The summed E-state index contributed by atoms with van der Waals surface area (Å²) in [4.78, 5) is 54.8. The molecule has 0 spiro atoms. The van der Waals surface area contributed by atoms with E-state index in [1.54, 1.807) is 50.5 Å². The van der Waals surface area contributed by atoms with Crippen molar-refractivity contribution in [1.82, 2.24) is 15.7 Å². The molecule has 13 heteroatoms. The molecule has 0 aromatic heterocycles. The SMILES string of the molecule is CC(C)(C)OC(=O)NC1(c2ccc(OCC3=CC[N+](C)(C)C=C3)cc2)CCN(C(C(=O)NO)C2CC[N+](C(=O)O)(C(C)(C)C)CC2)C1=O. The molecule has 0 aliphatic carbocycles. The van der Waals surface area contributed by atoms with Crippen LogP contribution in [-0.2, 0) is 19.9 Å². The Balaban J connectivity index is 1.61. The molecule has 4 rings (SSSR count). The van der Waals surface area contributed by atoms with Crippen molar-refractivity contribution in [2.45, 2.75) is 83.5 Å². The van der Waals surface area contributed by atoms with Gasteiger partial charge in [-0.1, -0.05) is 12.1 Å². The van der Waals surface area contributed by atoms with Gasteiger partial charge in [-0.3, -0.25) is 19.3 Å². The van der Waals surface area contributed by atoms with Crippen LogP contribution in [0.2, 0.25) is 0 Å². The van der Waals surface area contributed by atoms with E-state index in [4.69, 9.17) is 9.47 Å². The Kier molecular flexibility index (Phi) is 10.4. The van der Waals surface area contributed by atoms with Gasteiger partial charge in [-0.05, 0) is 82.9 Å². The van der Waals surface area contributed by atoms with E-state index < -0.39 is 52.6 Å². The van der Waals surface area contributed by atoms with Gasteiger partial charge in [0, 0.05) is 25.8 Å². The fourth-order valence-corrected chi connectivity index (χ4v) is 7.00. The zero-order valence-corrected chi connectivity index (χ0v) is 29.5. The summed E-state index contributed by atoms with van der Waals surface area (Å²) in [5.41, 5.74) is 0.301. The van der Waals surface area contributed by atoms with E-state index in [9.17, 15) is 29.5 Å². The summed E-state index contributed by atoms with van der Waals surface area (Å²) in [6, 6.07) is 5.85. The molecule has 2 fully saturated rings. The van der Waals surface area contributed by atoms with E-state index in [1.165, 1.54) is 4.90 Å². The Hall–Kier alpha value is -3.94. The van der Waals surface area contributed by atoms with Crippen molar-refractivity contribution in [2.24, 2.45) is 5.92 Å². The average Bonchev–Trinajstić information content (AvgIpc) is 3.31. The number of nitrogens with one attached hydrogen (secondary N) is 2. The molecule has 4 amide bonds. The molecule has 0 bridgehead atoms. The molecule has 2 unspecified atom stereocenters. The number of hydrogen-bond acceptors (Lipinski definition) is 7. The first kappa shape index (κ1) is 36.9. The molecule has 4 N–H and O–H groups in total. The van der Waals surface area contributed by atoms with Crippen molar-refractivity contribution in [3.63, 3.8) is 0 Å². The molecular weight excluding hydrogens is 618 g/mol. The highest BCUT2D eigenvalue weighted by atomic mass is 16.6. The fraction of sp³-hybridized carbons (Fsp3) is 0.600. The molecule has 1 aromatic carbocycles. The Bertz CT molecular complexity index is 1450. The lowest BCUT2D eigenvalue weighted by molar-refractivity contribution is -0.909. The minimum absolute atomic E-state index is 0.106. The zero-order chi connectivity index (χ0) is 35.7. The van der Waals surface area contributed by atoms with E-state index in [0.717, 1.165) is 16.6 Å². The largest absolute Gasteiger partial charge is 0.513 e. The summed E-state index contributed by atoms with van der Waals surface area (Å²) in [5.74, 6) is -1.12. The van der Waals surface area contributed by atoms with Crippen LogP contribution in [0.1, 0.15) is 66.4 Å².